The molecule has 1 heterocycles. The molecule has 0 atom stereocenters. The van der Waals surface area contributed by atoms with Crippen molar-refractivity contribution in [2.24, 2.45) is 0 Å². The molecule has 1 aliphatic carbocycles. The van der Waals surface area contributed by atoms with Crippen molar-refractivity contribution in [1.82, 2.24) is 9.78 Å². The Labute approximate surface area is 158 Å². The highest BCUT2D eigenvalue weighted by atomic mass is 35.5. The fourth-order valence-corrected chi connectivity index (χ4v) is 3.89. The van der Waals surface area contributed by atoms with Gasteiger partial charge in [0.25, 0.3) is 0 Å². The zero-order valence-corrected chi connectivity index (χ0v) is 16.5. The van der Waals surface area contributed by atoms with Crippen molar-refractivity contribution in [3.05, 3.63) is 40.2 Å². The number of aromatic nitrogens is 2. The van der Waals surface area contributed by atoms with Crippen LogP contribution in [0.1, 0.15) is 46.8 Å². The van der Waals surface area contributed by atoms with Crippen molar-refractivity contribution in [3.8, 4) is 17.6 Å². The van der Waals surface area contributed by atoms with E-state index in [1.54, 1.807) is 12.1 Å². The predicted molar refractivity (Wildman–Crippen MR) is 99.3 cm³/mol. The number of benzene rings is 1. The molecular formula is C18H20ClN3O3S. The van der Waals surface area contributed by atoms with E-state index in [-0.39, 0.29) is 17.7 Å². The minimum atomic E-state index is -3.26. The second-order valence-corrected chi connectivity index (χ2v) is 9.15. The molecular weight excluding hydrogens is 374 g/mol. The monoisotopic (exact) mass is 393 g/mol. The summed E-state index contributed by atoms with van der Waals surface area (Å²) in [7, 11) is -3.26. The Hall–Kier alpha value is -2.04. The summed E-state index contributed by atoms with van der Waals surface area (Å²) in [5.41, 5.74) is 3.59. The minimum Gasteiger partial charge on any atom is -0.453 e. The Morgan fingerprint density at radius 2 is 1.96 bits per heavy atom. The molecule has 26 heavy (non-hydrogen) atoms. The molecule has 1 aliphatic rings. The van der Waals surface area contributed by atoms with E-state index in [9.17, 15) is 13.7 Å². The lowest BCUT2D eigenvalue weighted by Crippen LogP contribution is -2.12. The molecule has 1 aromatic heterocycles. The van der Waals surface area contributed by atoms with Gasteiger partial charge in [0.05, 0.1) is 23.2 Å². The summed E-state index contributed by atoms with van der Waals surface area (Å²) in [6, 6.07) is 5.79. The number of aryl methyl sites for hydroxylation is 2. The van der Waals surface area contributed by atoms with Gasteiger partial charge < -0.3 is 4.74 Å². The van der Waals surface area contributed by atoms with Gasteiger partial charge in [0.1, 0.15) is 17.3 Å². The van der Waals surface area contributed by atoms with E-state index in [4.69, 9.17) is 16.3 Å². The molecule has 0 amide bonds. The summed E-state index contributed by atoms with van der Waals surface area (Å²) < 4.78 is 31.0. The minimum absolute atomic E-state index is 0.0960. The summed E-state index contributed by atoms with van der Waals surface area (Å²) in [6.45, 7) is 3.71. The molecule has 0 spiro atoms. The average Bonchev–Trinajstić information content (AvgIpc) is 3.30. The van der Waals surface area contributed by atoms with Crippen molar-refractivity contribution in [2.75, 3.05) is 6.26 Å². The van der Waals surface area contributed by atoms with Crippen LogP contribution in [-0.2, 0) is 21.6 Å². The standard InChI is InChI=1S/C18H20ClN3O3S/c1-11-6-14(7-12(2)15(11)9-20)25-18-16(8-19)22(10-26(3,23)24)21-17(18)13-4-5-13/h6-7,13H,4-5,8,10H2,1-3H3. The van der Waals surface area contributed by atoms with Crippen molar-refractivity contribution in [2.45, 2.75) is 44.4 Å². The molecule has 0 N–H and O–H groups in total. The number of nitrogens with zero attached hydrogens (tertiary/aromatic N) is 3. The Bertz CT molecular complexity index is 978. The number of ether oxygens (including phenoxy) is 1. The molecule has 1 aromatic carbocycles. The van der Waals surface area contributed by atoms with Gasteiger partial charge in [-0.25, -0.2) is 13.1 Å². The molecule has 1 saturated carbocycles. The number of halogens is 1. The van der Waals surface area contributed by atoms with E-state index in [2.05, 4.69) is 11.2 Å². The number of sulfone groups is 1. The van der Waals surface area contributed by atoms with Gasteiger partial charge in [0, 0.05) is 12.2 Å². The Kier molecular flexibility index (Phi) is 5.00. The Morgan fingerprint density at radius 1 is 1.35 bits per heavy atom. The highest BCUT2D eigenvalue weighted by Crippen LogP contribution is 2.46. The smallest absolute Gasteiger partial charge is 0.173 e. The van der Waals surface area contributed by atoms with E-state index in [1.165, 1.54) is 4.68 Å². The van der Waals surface area contributed by atoms with Crippen LogP contribution >= 0.6 is 11.6 Å². The zero-order chi connectivity index (χ0) is 19.1. The van der Waals surface area contributed by atoms with Crippen LogP contribution in [0.25, 0.3) is 0 Å². The molecule has 3 rings (SSSR count). The summed E-state index contributed by atoms with van der Waals surface area (Å²) in [5.74, 6) is 1.26. The van der Waals surface area contributed by atoms with Crippen LogP contribution in [0.3, 0.4) is 0 Å². The van der Waals surface area contributed by atoms with Crippen molar-refractivity contribution >= 4 is 21.4 Å². The number of hydrogen-bond acceptors (Lipinski definition) is 5. The topological polar surface area (TPSA) is 85.0 Å². The van der Waals surface area contributed by atoms with Crippen LogP contribution < -0.4 is 4.74 Å². The summed E-state index contributed by atoms with van der Waals surface area (Å²) in [4.78, 5) is 0. The maximum absolute atomic E-state index is 11.7. The van der Waals surface area contributed by atoms with Gasteiger partial charge in [-0.3, -0.25) is 0 Å². The number of nitriles is 1. The van der Waals surface area contributed by atoms with Gasteiger partial charge in [0.15, 0.2) is 15.6 Å². The number of alkyl halides is 1. The second kappa shape index (κ2) is 6.93. The molecule has 1 fully saturated rings. The van der Waals surface area contributed by atoms with Gasteiger partial charge in [-0.15, -0.1) is 11.6 Å². The molecule has 138 valence electrons. The zero-order valence-electron chi connectivity index (χ0n) is 14.9. The van der Waals surface area contributed by atoms with Crippen LogP contribution in [-0.4, -0.2) is 24.5 Å². The maximum Gasteiger partial charge on any atom is 0.173 e. The van der Waals surface area contributed by atoms with E-state index < -0.39 is 9.84 Å². The quantitative estimate of drug-likeness (QED) is 0.697. The third-order valence-electron chi connectivity index (χ3n) is 4.32. The average molecular weight is 394 g/mol. The van der Waals surface area contributed by atoms with Crippen LogP contribution in [0, 0.1) is 25.2 Å². The van der Waals surface area contributed by atoms with Crippen LogP contribution in [0.4, 0.5) is 0 Å². The molecule has 0 radical (unpaired) electrons. The largest absolute Gasteiger partial charge is 0.453 e. The third-order valence-corrected chi connectivity index (χ3v) is 5.29. The van der Waals surface area contributed by atoms with E-state index in [1.807, 2.05) is 13.8 Å². The first-order valence-corrected chi connectivity index (χ1v) is 10.9. The van der Waals surface area contributed by atoms with Crippen molar-refractivity contribution in [1.29, 1.82) is 5.26 Å². The first kappa shape index (κ1) is 18.7. The number of rotatable bonds is 6. The molecule has 0 aliphatic heterocycles. The highest BCUT2D eigenvalue weighted by molar-refractivity contribution is 7.89. The fraction of sp³-hybridized carbons (Fsp3) is 0.444. The molecule has 0 bridgehead atoms. The lowest BCUT2D eigenvalue weighted by atomic mass is 10.0. The van der Waals surface area contributed by atoms with Crippen LogP contribution in [0.2, 0.25) is 0 Å². The Balaban J connectivity index is 2.05. The first-order chi connectivity index (χ1) is 12.2. The van der Waals surface area contributed by atoms with Crippen molar-refractivity contribution < 1.29 is 13.2 Å². The van der Waals surface area contributed by atoms with Crippen molar-refractivity contribution in [3.63, 3.8) is 0 Å². The second-order valence-electron chi connectivity index (χ2n) is 6.77. The molecule has 0 saturated heterocycles. The predicted octanol–water partition coefficient (Wildman–Crippen LogP) is 3.78. The SMILES string of the molecule is Cc1cc(Oc2c(C3CC3)nn(CS(C)(=O)=O)c2CCl)cc(C)c1C#N. The summed E-state index contributed by atoms with van der Waals surface area (Å²) >= 11 is 6.10. The Morgan fingerprint density at radius 3 is 2.42 bits per heavy atom. The summed E-state index contributed by atoms with van der Waals surface area (Å²) in [5, 5.41) is 13.7. The molecule has 8 heteroatoms. The molecule has 2 aromatic rings. The van der Waals surface area contributed by atoms with Gasteiger partial charge in [-0.05, 0) is 49.9 Å². The van der Waals surface area contributed by atoms with Gasteiger partial charge >= 0.3 is 0 Å². The normalized spacial score (nSPS) is 14.3. The van der Waals surface area contributed by atoms with Crippen LogP contribution in [0.15, 0.2) is 12.1 Å². The van der Waals surface area contributed by atoms with Gasteiger partial charge in [0.2, 0.25) is 0 Å². The number of hydrogen-bond donors (Lipinski definition) is 0. The highest BCUT2D eigenvalue weighted by Gasteiger charge is 2.33. The fourth-order valence-electron chi connectivity index (χ4n) is 2.97. The molecule has 6 nitrogen and oxygen atoms in total. The lowest BCUT2D eigenvalue weighted by molar-refractivity contribution is 0.470. The van der Waals surface area contributed by atoms with Crippen LogP contribution in [0.5, 0.6) is 11.5 Å². The maximum atomic E-state index is 11.7. The van der Waals surface area contributed by atoms with E-state index in [0.717, 1.165) is 35.9 Å². The third kappa shape index (κ3) is 3.87. The van der Waals surface area contributed by atoms with Gasteiger partial charge in [-0.2, -0.15) is 10.4 Å². The van der Waals surface area contributed by atoms with Gasteiger partial charge in [-0.1, -0.05) is 0 Å². The van der Waals surface area contributed by atoms with E-state index in [0.29, 0.717) is 22.8 Å². The molecule has 0 unspecified atom stereocenters. The van der Waals surface area contributed by atoms with E-state index >= 15 is 0 Å². The lowest BCUT2D eigenvalue weighted by Gasteiger charge is -2.11. The summed E-state index contributed by atoms with van der Waals surface area (Å²) in [6.07, 6.45) is 3.16. The first-order valence-electron chi connectivity index (χ1n) is 8.26.